The van der Waals surface area contributed by atoms with Gasteiger partial charge >= 0.3 is 5.76 Å². The van der Waals surface area contributed by atoms with E-state index in [4.69, 9.17) is 4.42 Å². The second kappa shape index (κ2) is 7.82. The van der Waals surface area contributed by atoms with Crippen LogP contribution < -0.4 is 5.76 Å². The molecule has 150 valence electrons. The maximum absolute atomic E-state index is 13.8. The van der Waals surface area contributed by atoms with Gasteiger partial charge in [0.2, 0.25) is 0 Å². The molecule has 0 fully saturated rings. The van der Waals surface area contributed by atoms with Crippen LogP contribution in [-0.2, 0) is 13.5 Å². The highest BCUT2D eigenvalue weighted by Crippen LogP contribution is 2.24. The molecule has 0 spiro atoms. The Morgan fingerprint density at radius 3 is 2.37 bits per heavy atom. The van der Waals surface area contributed by atoms with Crippen LogP contribution in [0.25, 0.3) is 22.7 Å². The Labute approximate surface area is 169 Å². The Balaban J connectivity index is 1.56. The van der Waals surface area contributed by atoms with Crippen molar-refractivity contribution in [2.24, 2.45) is 7.05 Å². The highest BCUT2D eigenvalue weighted by Gasteiger charge is 2.17. The summed E-state index contributed by atoms with van der Waals surface area (Å²) < 4.78 is 33.7. The SMILES string of the molecule is Cn1nc(-c2cc(-c3ccc(CC(=O)c4c(F)cccc4F)cc3)ccn2)oc1=O. The van der Waals surface area contributed by atoms with E-state index in [2.05, 4.69) is 10.1 Å². The molecule has 0 bridgehead atoms. The van der Waals surface area contributed by atoms with E-state index in [0.29, 0.717) is 11.3 Å². The summed E-state index contributed by atoms with van der Waals surface area (Å²) in [4.78, 5) is 28.0. The molecular weight excluding hydrogens is 392 g/mol. The third kappa shape index (κ3) is 3.80. The standard InChI is InChI=1S/C22H15F2N3O3/c1-27-22(29)30-21(26-27)18-12-15(9-10-25-18)14-7-5-13(6-8-14)11-19(28)20-16(23)3-2-4-17(20)24/h2-10,12H,11H2,1H3. The maximum Gasteiger partial charge on any atom is 0.437 e. The highest BCUT2D eigenvalue weighted by atomic mass is 19.1. The molecule has 8 heteroatoms. The average molecular weight is 407 g/mol. The molecule has 4 rings (SSSR count). The lowest BCUT2D eigenvalue weighted by atomic mass is 9.99. The van der Waals surface area contributed by atoms with Crippen molar-refractivity contribution in [1.29, 1.82) is 0 Å². The van der Waals surface area contributed by atoms with Gasteiger partial charge in [0.05, 0.1) is 5.56 Å². The molecule has 2 heterocycles. The number of carbonyl (C=O) groups excluding carboxylic acids is 1. The molecule has 0 aliphatic rings. The molecule has 0 atom stereocenters. The van der Waals surface area contributed by atoms with Crippen molar-refractivity contribution in [2.75, 3.05) is 0 Å². The number of rotatable bonds is 5. The fraction of sp³-hybridized carbons (Fsp3) is 0.0909. The van der Waals surface area contributed by atoms with Crippen LogP contribution in [0.1, 0.15) is 15.9 Å². The molecule has 0 saturated heterocycles. The third-order valence-corrected chi connectivity index (χ3v) is 4.56. The Morgan fingerprint density at radius 1 is 1.03 bits per heavy atom. The van der Waals surface area contributed by atoms with Crippen LogP contribution in [0.3, 0.4) is 0 Å². The lowest BCUT2D eigenvalue weighted by Gasteiger charge is -2.07. The van der Waals surface area contributed by atoms with Gasteiger partial charge in [0, 0.05) is 19.7 Å². The summed E-state index contributed by atoms with van der Waals surface area (Å²) >= 11 is 0. The zero-order chi connectivity index (χ0) is 21.3. The first kappa shape index (κ1) is 19.4. The van der Waals surface area contributed by atoms with Crippen LogP contribution in [-0.4, -0.2) is 20.5 Å². The number of benzene rings is 2. The van der Waals surface area contributed by atoms with E-state index in [-0.39, 0.29) is 12.3 Å². The molecule has 6 nitrogen and oxygen atoms in total. The molecule has 2 aromatic carbocycles. The predicted molar refractivity (Wildman–Crippen MR) is 105 cm³/mol. The Bertz CT molecular complexity index is 1270. The highest BCUT2D eigenvalue weighted by molar-refractivity contribution is 5.98. The monoisotopic (exact) mass is 407 g/mol. The molecular formula is C22H15F2N3O3. The topological polar surface area (TPSA) is 78.0 Å². The second-order valence-electron chi connectivity index (χ2n) is 6.62. The quantitative estimate of drug-likeness (QED) is 0.470. The normalized spacial score (nSPS) is 10.9. The van der Waals surface area contributed by atoms with Gasteiger partial charge in [-0.25, -0.2) is 13.6 Å². The number of pyridine rings is 1. The minimum absolute atomic E-state index is 0.110. The zero-order valence-electron chi connectivity index (χ0n) is 15.8. The van der Waals surface area contributed by atoms with Gasteiger partial charge in [-0.1, -0.05) is 30.3 Å². The summed E-state index contributed by atoms with van der Waals surface area (Å²) in [5, 5.41) is 3.98. The van der Waals surface area contributed by atoms with Crippen molar-refractivity contribution < 1.29 is 18.0 Å². The van der Waals surface area contributed by atoms with E-state index in [1.165, 1.54) is 13.1 Å². The minimum atomic E-state index is -0.873. The van der Waals surface area contributed by atoms with Gasteiger partial charge < -0.3 is 4.42 Å². The van der Waals surface area contributed by atoms with Crippen molar-refractivity contribution in [3.63, 3.8) is 0 Å². The Morgan fingerprint density at radius 2 is 1.73 bits per heavy atom. The van der Waals surface area contributed by atoms with Gasteiger partial charge in [-0.2, -0.15) is 4.68 Å². The number of hydrogen-bond donors (Lipinski definition) is 0. The fourth-order valence-corrected chi connectivity index (χ4v) is 3.03. The van der Waals surface area contributed by atoms with Crippen LogP contribution >= 0.6 is 0 Å². The summed E-state index contributed by atoms with van der Waals surface area (Å²) in [6.07, 6.45) is 1.44. The van der Waals surface area contributed by atoms with Gasteiger partial charge in [0.15, 0.2) is 5.78 Å². The lowest BCUT2D eigenvalue weighted by molar-refractivity contribution is 0.0985. The maximum atomic E-state index is 13.8. The van der Waals surface area contributed by atoms with Gasteiger partial charge in [-0.3, -0.25) is 9.78 Å². The van der Waals surface area contributed by atoms with Crippen LogP contribution in [0, 0.1) is 11.6 Å². The summed E-state index contributed by atoms with van der Waals surface area (Å²) in [6.45, 7) is 0. The number of carbonyl (C=O) groups is 1. The summed E-state index contributed by atoms with van der Waals surface area (Å²) in [7, 11) is 1.48. The van der Waals surface area contributed by atoms with Gasteiger partial charge in [0.1, 0.15) is 17.3 Å². The third-order valence-electron chi connectivity index (χ3n) is 4.56. The van der Waals surface area contributed by atoms with Crippen molar-refractivity contribution in [1.82, 2.24) is 14.8 Å². The second-order valence-corrected chi connectivity index (χ2v) is 6.62. The summed E-state index contributed by atoms with van der Waals surface area (Å²) in [6, 6.07) is 13.8. The number of aromatic nitrogens is 3. The zero-order valence-corrected chi connectivity index (χ0v) is 15.8. The Hall–Kier alpha value is -3.94. The van der Waals surface area contributed by atoms with Crippen molar-refractivity contribution in [3.05, 3.63) is 94.1 Å². The molecule has 4 aromatic rings. The van der Waals surface area contributed by atoms with Crippen LogP contribution in [0.5, 0.6) is 0 Å². The van der Waals surface area contributed by atoms with Crippen molar-refractivity contribution in [3.8, 4) is 22.7 Å². The molecule has 2 aromatic heterocycles. The van der Waals surface area contributed by atoms with Gasteiger partial charge in [-0.05, 0) is 41.0 Å². The number of hydrogen-bond acceptors (Lipinski definition) is 5. The first-order valence-electron chi connectivity index (χ1n) is 8.99. The van der Waals surface area contributed by atoms with Crippen LogP contribution in [0.15, 0.2) is 70.0 Å². The number of Topliss-reactive ketones (excluding diaryl/α,β-unsaturated/α-hetero) is 1. The van der Waals surface area contributed by atoms with E-state index < -0.39 is 28.7 Å². The fourth-order valence-electron chi connectivity index (χ4n) is 3.03. The largest absolute Gasteiger partial charge is 0.437 e. The molecule has 0 radical (unpaired) electrons. The number of ketones is 1. The van der Waals surface area contributed by atoms with E-state index in [0.717, 1.165) is 27.9 Å². The van der Waals surface area contributed by atoms with Gasteiger partial charge in [0.25, 0.3) is 5.89 Å². The van der Waals surface area contributed by atoms with Gasteiger partial charge in [-0.15, -0.1) is 5.10 Å². The molecule has 0 amide bonds. The predicted octanol–water partition coefficient (Wildman–Crippen LogP) is 3.81. The van der Waals surface area contributed by atoms with Crippen LogP contribution in [0.4, 0.5) is 8.78 Å². The van der Waals surface area contributed by atoms with Crippen molar-refractivity contribution in [2.45, 2.75) is 6.42 Å². The van der Waals surface area contributed by atoms with E-state index in [1.54, 1.807) is 42.6 Å². The molecule has 30 heavy (non-hydrogen) atoms. The number of aryl methyl sites for hydroxylation is 1. The Kier molecular flexibility index (Phi) is 5.05. The smallest absolute Gasteiger partial charge is 0.386 e. The lowest BCUT2D eigenvalue weighted by Crippen LogP contribution is -2.09. The van der Waals surface area contributed by atoms with E-state index in [9.17, 15) is 18.4 Å². The summed E-state index contributed by atoms with van der Waals surface area (Å²) in [5.41, 5.74) is 2.12. The first-order valence-corrected chi connectivity index (χ1v) is 8.99. The van der Waals surface area contributed by atoms with E-state index in [1.807, 2.05) is 0 Å². The molecule has 0 aliphatic carbocycles. The number of halogens is 2. The molecule has 0 unspecified atom stereocenters. The molecule has 0 N–H and O–H groups in total. The minimum Gasteiger partial charge on any atom is -0.386 e. The first-order chi connectivity index (χ1) is 14.4. The van der Waals surface area contributed by atoms with E-state index >= 15 is 0 Å². The summed E-state index contributed by atoms with van der Waals surface area (Å²) in [5.74, 6) is -2.85. The van der Waals surface area contributed by atoms with Crippen LogP contribution in [0.2, 0.25) is 0 Å². The average Bonchev–Trinajstić information content (AvgIpc) is 3.07. The number of nitrogens with zero attached hydrogens (tertiary/aromatic N) is 3. The van der Waals surface area contributed by atoms with Crippen molar-refractivity contribution >= 4 is 5.78 Å². The molecule has 0 aliphatic heterocycles. The molecule has 0 saturated carbocycles.